The summed E-state index contributed by atoms with van der Waals surface area (Å²) in [6.45, 7) is 21.1. The molecule has 0 amide bonds. The topological polar surface area (TPSA) is 29.5 Å². The fourth-order valence-corrected chi connectivity index (χ4v) is 6.40. The quantitative estimate of drug-likeness (QED) is 0.205. The van der Waals surface area contributed by atoms with Crippen molar-refractivity contribution in [3.8, 4) is 0 Å². The highest BCUT2D eigenvalue weighted by atomic mass is 16.5. The molecule has 2 heteroatoms. The average Bonchev–Trinajstić information content (AvgIpc) is 3.19. The van der Waals surface area contributed by atoms with Gasteiger partial charge in [-0.2, -0.15) is 0 Å². The van der Waals surface area contributed by atoms with Crippen LogP contribution in [-0.4, -0.2) is 17.8 Å². The van der Waals surface area contributed by atoms with Crippen molar-refractivity contribution in [1.82, 2.24) is 0 Å². The number of fused-ring (bicyclic) bond motifs is 1. The van der Waals surface area contributed by atoms with Crippen molar-refractivity contribution in [2.75, 3.05) is 6.61 Å². The molecule has 5 unspecified atom stereocenters. The lowest BCUT2D eigenvalue weighted by atomic mass is 9.85. The smallest absolute Gasteiger partial charge is 0.0717 e. The summed E-state index contributed by atoms with van der Waals surface area (Å²) in [6, 6.07) is 15.5. The molecule has 0 saturated carbocycles. The van der Waals surface area contributed by atoms with Crippen molar-refractivity contribution < 1.29 is 9.84 Å². The number of benzene rings is 2. The SMILES string of the molecule is C.C=C(CCC)C(CCC)CCCC(C)c1ccc2c(c1)C(CCC)C(O)C2COCc1cccc(C)c1.CCC. The molecule has 1 aliphatic carbocycles. The van der Waals surface area contributed by atoms with E-state index in [1.165, 1.54) is 84.8 Å². The van der Waals surface area contributed by atoms with Gasteiger partial charge in [0.2, 0.25) is 0 Å². The molecule has 2 aromatic rings. The number of aryl methyl sites for hydroxylation is 1. The van der Waals surface area contributed by atoms with Crippen molar-refractivity contribution in [3.63, 3.8) is 0 Å². The molecule has 0 aliphatic heterocycles. The van der Waals surface area contributed by atoms with Crippen LogP contribution in [0.5, 0.6) is 0 Å². The number of aliphatic hydroxyl groups excluding tert-OH is 1. The van der Waals surface area contributed by atoms with Crippen LogP contribution in [0.3, 0.4) is 0 Å². The highest BCUT2D eigenvalue weighted by Crippen LogP contribution is 2.45. The Morgan fingerprint density at radius 1 is 0.902 bits per heavy atom. The van der Waals surface area contributed by atoms with Gasteiger partial charge in [-0.3, -0.25) is 0 Å². The number of hydrogen-bond acceptors (Lipinski definition) is 2. The van der Waals surface area contributed by atoms with Gasteiger partial charge in [0.15, 0.2) is 0 Å². The van der Waals surface area contributed by atoms with E-state index in [0.717, 1.165) is 12.8 Å². The monoisotopic (exact) mass is 564 g/mol. The van der Waals surface area contributed by atoms with Crippen LogP contribution < -0.4 is 0 Å². The third kappa shape index (κ3) is 11.4. The lowest BCUT2D eigenvalue weighted by Gasteiger charge is -2.21. The predicted molar refractivity (Wildman–Crippen MR) is 181 cm³/mol. The van der Waals surface area contributed by atoms with Crippen LogP contribution in [0.4, 0.5) is 0 Å². The van der Waals surface area contributed by atoms with Gasteiger partial charge in [-0.25, -0.2) is 0 Å². The molecular formula is C39H64O2. The van der Waals surface area contributed by atoms with Crippen LogP contribution in [0.25, 0.3) is 0 Å². The van der Waals surface area contributed by atoms with E-state index in [9.17, 15) is 5.11 Å². The third-order valence-corrected chi connectivity index (χ3v) is 8.53. The van der Waals surface area contributed by atoms with Gasteiger partial charge < -0.3 is 9.84 Å². The minimum absolute atomic E-state index is 0. The number of hydrogen-bond donors (Lipinski definition) is 1. The highest BCUT2D eigenvalue weighted by Gasteiger charge is 2.39. The molecule has 0 saturated heterocycles. The molecule has 41 heavy (non-hydrogen) atoms. The van der Waals surface area contributed by atoms with Gasteiger partial charge in [0.05, 0.1) is 19.3 Å². The molecule has 0 heterocycles. The second kappa shape index (κ2) is 20.1. The van der Waals surface area contributed by atoms with Crippen molar-refractivity contribution in [2.24, 2.45) is 5.92 Å². The Kier molecular flexibility index (Phi) is 18.2. The van der Waals surface area contributed by atoms with Gasteiger partial charge in [0.25, 0.3) is 0 Å². The Bertz CT molecular complexity index is 993. The van der Waals surface area contributed by atoms with Crippen LogP contribution in [0.2, 0.25) is 0 Å². The highest BCUT2D eigenvalue weighted by molar-refractivity contribution is 5.44. The Hall–Kier alpha value is -1.90. The van der Waals surface area contributed by atoms with E-state index >= 15 is 0 Å². The molecule has 232 valence electrons. The molecule has 3 rings (SSSR count). The third-order valence-electron chi connectivity index (χ3n) is 8.53. The van der Waals surface area contributed by atoms with Gasteiger partial charge >= 0.3 is 0 Å². The predicted octanol–water partition coefficient (Wildman–Crippen LogP) is 11.7. The molecule has 0 radical (unpaired) electrons. The first-order valence-corrected chi connectivity index (χ1v) is 16.4. The standard InChI is InChI=1S/C35H52O2.C3H8.CH4/c1-7-12-26(5)29(13-8-2)18-11-16-27(6)30-19-20-31-33(22-30)32(14-9-3)35(36)34(31)24-37-23-28-17-10-15-25(4)21-28;1-3-2;/h10,15,17,19-22,27,29,32,34-36H,5,7-9,11-14,16,18,23-24H2,1-4,6H3;3H2,1-2H3;1H4. The summed E-state index contributed by atoms with van der Waals surface area (Å²) in [5, 5.41) is 11.3. The molecule has 2 aromatic carbocycles. The minimum Gasteiger partial charge on any atom is -0.392 e. The fraction of sp³-hybridized carbons (Fsp3) is 0.641. The second-order valence-corrected chi connectivity index (χ2v) is 12.3. The molecule has 5 atom stereocenters. The van der Waals surface area contributed by atoms with Crippen LogP contribution in [0, 0.1) is 12.8 Å². The first kappa shape index (κ1) is 37.1. The molecule has 0 spiro atoms. The van der Waals surface area contributed by atoms with E-state index in [2.05, 4.69) is 97.5 Å². The van der Waals surface area contributed by atoms with Crippen LogP contribution in [0.1, 0.15) is 159 Å². The van der Waals surface area contributed by atoms with Crippen molar-refractivity contribution >= 4 is 0 Å². The summed E-state index contributed by atoms with van der Waals surface area (Å²) in [4.78, 5) is 0. The van der Waals surface area contributed by atoms with E-state index in [-0.39, 0.29) is 25.4 Å². The number of ether oxygens (including phenoxy) is 1. The van der Waals surface area contributed by atoms with Crippen LogP contribution >= 0.6 is 0 Å². The molecule has 1 aliphatic rings. The number of aliphatic hydroxyl groups is 1. The Morgan fingerprint density at radius 2 is 1.63 bits per heavy atom. The maximum absolute atomic E-state index is 11.3. The first-order valence-electron chi connectivity index (χ1n) is 16.4. The largest absolute Gasteiger partial charge is 0.392 e. The molecule has 0 bridgehead atoms. The van der Waals surface area contributed by atoms with Gasteiger partial charge in [0, 0.05) is 11.8 Å². The zero-order valence-corrected chi connectivity index (χ0v) is 27.0. The first-order chi connectivity index (χ1) is 19.3. The van der Waals surface area contributed by atoms with E-state index in [1.807, 2.05) is 0 Å². The van der Waals surface area contributed by atoms with E-state index in [4.69, 9.17) is 4.74 Å². The van der Waals surface area contributed by atoms with Gasteiger partial charge in [-0.15, -0.1) is 0 Å². The normalized spacial score (nSPS) is 19.0. The fourth-order valence-electron chi connectivity index (χ4n) is 6.40. The van der Waals surface area contributed by atoms with Crippen molar-refractivity contribution in [1.29, 1.82) is 0 Å². The molecule has 1 N–H and O–H groups in total. The molecule has 0 fully saturated rings. The van der Waals surface area contributed by atoms with Gasteiger partial charge in [0.1, 0.15) is 0 Å². The van der Waals surface area contributed by atoms with Crippen molar-refractivity contribution in [2.45, 2.75) is 151 Å². The van der Waals surface area contributed by atoms with E-state index < -0.39 is 0 Å². The lowest BCUT2D eigenvalue weighted by molar-refractivity contribution is 0.0489. The zero-order valence-electron chi connectivity index (χ0n) is 27.0. The maximum atomic E-state index is 11.3. The zero-order chi connectivity index (χ0) is 29.5. The average molecular weight is 565 g/mol. The maximum Gasteiger partial charge on any atom is 0.0717 e. The summed E-state index contributed by atoms with van der Waals surface area (Å²) >= 11 is 0. The van der Waals surface area contributed by atoms with Gasteiger partial charge in [-0.1, -0.05) is 141 Å². The van der Waals surface area contributed by atoms with Gasteiger partial charge in [-0.05, 0) is 73.1 Å². The number of allylic oxidation sites excluding steroid dienone is 1. The lowest BCUT2D eigenvalue weighted by Crippen LogP contribution is -2.22. The molecular weight excluding hydrogens is 500 g/mol. The molecule has 2 nitrogen and oxygen atoms in total. The van der Waals surface area contributed by atoms with Crippen molar-refractivity contribution in [3.05, 3.63) is 82.4 Å². The van der Waals surface area contributed by atoms with Crippen LogP contribution in [0.15, 0.2) is 54.6 Å². The summed E-state index contributed by atoms with van der Waals surface area (Å²) in [6.07, 6.45) is 11.6. The number of rotatable bonds is 16. The minimum atomic E-state index is -0.364. The summed E-state index contributed by atoms with van der Waals surface area (Å²) in [5.41, 5.74) is 7.99. The second-order valence-electron chi connectivity index (χ2n) is 12.3. The van der Waals surface area contributed by atoms with Crippen LogP contribution in [-0.2, 0) is 11.3 Å². The summed E-state index contributed by atoms with van der Waals surface area (Å²) in [7, 11) is 0. The Morgan fingerprint density at radius 3 is 2.27 bits per heavy atom. The Labute approximate surface area is 255 Å². The summed E-state index contributed by atoms with van der Waals surface area (Å²) < 4.78 is 6.15. The summed E-state index contributed by atoms with van der Waals surface area (Å²) in [5.74, 6) is 1.48. The Balaban J connectivity index is 0.00000201. The molecule has 0 aromatic heterocycles. The van der Waals surface area contributed by atoms with E-state index in [1.54, 1.807) is 0 Å². The van der Waals surface area contributed by atoms with E-state index in [0.29, 0.717) is 25.0 Å².